The molecule has 83 heavy (non-hydrogen) atoms. The summed E-state index contributed by atoms with van der Waals surface area (Å²) in [6, 6.07) is 0. The molecule has 0 aromatic rings. The number of hydrogen-bond acceptors (Lipinski definition) is 6. The van der Waals surface area contributed by atoms with Crippen molar-refractivity contribution in [2.24, 2.45) is 0 Å². The molecule has 0 bridgehead atoms. The van der Waals surface area contributed by atoms with Gasteiger partial charge >= 0.3 is 17.9 Å². The number of carbonyl (C=O) groups excluding carboxylic acids is 3. The minimum absolute atomic E-state index is 0.122. The van der Waals surface area contributed by atoms with Crippen LogP contribution in [0.1, 0.15) is 265 Å². The minimum Gasteiger partial charge on any atom is -0.462 e. The molecule has 0 aliphatic heterocycles. The molecule has 6 nitrogen and oxygen atoms in total. The van der Waals surface area contributed by atoms with Crippen molar-refractivity contribution in [2.45, 2.75) is 271 Å². The van der Waals surface area contributed by atoms with Gasteiger partial charge in [-0.15, -0.1) is 0 Å². The highest BCUT2D eigenvalue weighted by atomic mass is 16.6. The van der Waals surface area contributed by atoms with Crippen LogP contribution >= 0.6 is 0 Å². The monoisotopic (exact) mass is 1140 g/mol. The molecular formula is C77H120O6. The number of carbonyl (C=O) groups is 3. The summed E-state index contributed by atoms with van der Waals surface area (Å²) in [5.41, 5.74) is 0. The van der Waals surface area contributed by atoms with Gasteiger partial charge in [-0.05, 0) is 148 Å². The summed E-state index contributed by atoms with van der Waals surface area (Å²) in [4.78, 5) is 38.4. The highest BCUT2D eigenvalue weighted by molar-refractivity contribution is 5.71. The Labute approximate surface area is 510 Å². The predicted octanol–water partition coefficient (Wildman–Crippen LogP) is 23.2. The van der Waals surface area contributed by atoms with Gasteiger partial charge in [-0.25, -0.2) is 0 Å². The Morgan fingerprint density at radius 3 is 0.747 bits per heavy atom. The van der Waals surface area contributed by atoms with E-state index >= 15 is 0 Å². The molecule has 6 heteroatoms. The average Bonchev–Trinajstić information content (AvgIpc) is 3.50. The Bertz CT molecular complexity index is 1940. The maximum atomic E-state index is 12.9. The van der Waals surface area contributed by atoms with Gasteiger partial charge in [0, 0.05) is 19.3 Å². The predicted molar refractivity (Wildman–Crippen MR) is 361 cm³/mol. The molecule has 1 unspecified atom stereocenters. The van der Waals surface area contributed by atoms with Crippen molar-refractivity contribution in [2.75, 3.05) is 13.2 Å². The molecule has 0 spiro atoms. The van der Waals surface area contributed by atoms with E-state index in [0.29, 0.717) is 19.3 Å². The number of ether oxygens (including phenoxy) is 3. The Balaban J connectivity index is 4.49. The summed E-state index contributed by atoms with van der Waals surface area (Å²) in [7, 11) is 0. The van der Waals surface area contributed by atoms with Gasteiger partial charge in [0.05, 0.1) is 0 Å². The van der Waals surface area contributed by atoms with E-state index in [9.17, 15) is 14.4 Å². The van der Waals surface area contributed by atoms with Crippen LogP contribution in [0.3, 0.4) is 0 Å². The summed E-state index contributed by atoms with van der Waals surface area (Å²) >= 11 is 0. The Morgan fingerprint density at radius 1 is 0.241 bits per heavy atom. The fraction of sp³-hybridized carbons (Fsp3) is 0.571. The second-order valence-electron chi connectivity index (χ2n) is 21.2. The normalized spacial score (nSPS) is 13.3. The SMILES string of the molecule is CC/C=C\C/C=C\C/C=C\C/C=C\C/C=C\C/C=C\CCCCC(=O)OC(COC(=O)CCC/C=C\C/C=C\C/C=C\C/C=C\C/C=C\CC)COC(=O)CCCCCCCCCCCCCCCC/C=C\C/C=C\C/C=C\C/C=C\CC. The number of rotatable bonds is 58. The zero-order valence-electron chi connectivity index (χ0n) is 53.1. The first-order valence-corrected chi connectivity index (χ1v) is 33.3. The van der Waals surface area contributed by atoms with E-state index < -0.39 is 6.10 Å². The maximum absolute atomic E-state index is 12.9. The van der Waals surface area contributed by atoms with Gasteiger partial charge in [0.15, 0.2) is 6.10 Å². The standard InChI is InChI=1S/C77H120O6/c1-4-7-10-13-16-19-22-25-28-31-33-35-36-37-38-39-40-42-43-46-49-52-55-58-61-64-67-70-76(79)82-73-74(72-81-75(78)69-66-63-60-57-54-51-48-45-30-27-24-21-18-15-12-9-6-3)83-77(80)71-68-65-62-59-56-53-50-47-44-41-34-32-29-26-23-20-17-14-11-8-5-2/h7-12,16-21,25-30,33-35,41,47-48,50-51,56-57,59-60,74H,4-6,13-15,22-24,31-32,36-40,42-46,49,52-55,58,61-73H2,1-3H3/b10-7-,11-8-,12-9-,19-16-,20-17-,21-18-,28-25-,29-26-,30-27-,35-33-,41-34-,50-47-,51-48-,59-56-,60-57-. The van der Waals surface area contributed by atoms with Crippen LogP contribution in [0.4, 0.5) is 0 Å². The number of allylic oxidation sites excluding steroid dienone is 30. The minimum atomic E-state index is -0.836. The van der Waals surface area contributed by atoms with Gasteiger partial charge in [-0.2, -0.15) is 0 Å². The van der Waals surface area contributed by atoms with Crippen LogP contribution in [-0.4, -0.2) is 37.2 Å². The van der Waals surface area contributed by atoms with E-state index in [0.717, 1.165) is 135 Å². The van der Waals surface area contributed by atoms with Crippen LogP contribution in [-0.2, 0) is 28.6 Å². The highest BCUT2D eigenvalue weighted by Crippen LogP contribution is 2.15. The van der Waals surface area contributed by atoms with Gasteiger partial charge in [-0.3, -0.25) is 14.4 Å². The second kappa shape index (κ2) is 69.0. The fourth-order valence-corrected chi connectivity index (χ4v) is 8.53. The van der Waals surface area contributed by atoms with Crippen molar-refractivity contribution in [1.82, 2.24) is 0 Å². The van der Waals surface area contributed by atoms with Gasteiger partial charge in [0.25, 0.3) is 0 Å². The number of esters is 3. The lowest BCUT2D eigenvalue weighted by Crippen LogP contribution is -2.30. The lowest BCUT2D eigenvalue weighted by Gasteiger charge is -2.18. The molecule has 0 aliphatic rings. The molecule has 1 atom stereocenters. The topological polar surface area (TPSA) is 78.9 Å². The van der Waals surface area contributed by atoms with Crippen LogP contribution in [0.15, 0.2) is 182 Å². The van der Waals surface area contributed by atoms with Crippen molar-refractivity contribution < 1.29 is 28.6 Å². The summed E-state index contributed by atoms with van der Waals surface area (Å²) in [5, 5.41) is 0. The van der Waals surface area contributed by atoms with Crippen molar-refractivity contribution in [3.8, 4) is 0 Å². The average molecular weight is 1140 g/mol. The van der Waals surface area contributed by atoms with Crippen LogP contribution in [0.25, 0.3) is 0 Å². The summed E-state index contributed by atoms with van der Waals surface area (Å²) < 4.78 is 16.9. The maximum Gasteiger partial charge on any atom is 0.306 e. The number of hydrogen-bond donors (Lipinski definition) is 0. The van der Waals surface area contributed by atoms with E-state index in [1.54, 1.807) is 0 Å². The van der Waals surface area contributed by atoms with Crippen LogP contribution in [0.5, 0.6) is 0 Å². The van der Waals surface area contributed by atoms with Crippen LogP contribution in [0.2, 0.25) is 0 Å². The first-order chi connectivity index (χ1) is 41.0. The molecule has 0 fully saturated rings. The van der Waals surface area contributed by atoms with Crippen molar-refractivity contribution in [1.29, 1.82) is 0 Å². The summed E-state index contributed by atoms with van der Waals surface area (Å²) in [5.74, 6) is -1.03. The summed E-state index contributed by atoms with van der Waals surface area (Å²) in [6.45, 7) is 6.21. The Hall–Kier alpha value is -5.49. The molecule has 0 radical (unpaired) electrons. The highest BCUT2D eigenvalue weighted by Gasteiger charge is 2.19. The van der Waals surface area contributed by atoms with Crippen molar-refractivity contribution >= 4 is 17.9 Å². The van der Waals surface area contributed by atoms with Crippen molar-refractivity contribution in [3.05, 3.63) is 182 Å². The van der Waals surface area contributed by atoms with Gasteiger partial charge in [0.2, 0.25) is 0 Å². The molecule has 464 valence electrons. The Morgan fingerprint density at radius 2 is 0.446 bits per heavy atom. The largest absolute Gasteiger partial charge is 0.462 e. The fourth-order valence-electron chi connectivity index (χ4n) is 8.53. The van der Waals surface area contributed by atoms with Crippen LogP contribution < -0.4 is 0 Å². The lowest BCUT2D eigenvalue weighted by molar-refractivity contribution is -0.167. The zero-order chi connectivity index (χ0) is 59.9. The molecule has 0 heterocycles. The molecule has 0 amide bonds. The van der Waals surface area contributed by atoms with Gasteiger partial charge < -0.3 is 14.2 Å². The quantitative estimate of drug-likeness (QED) is 0.0261. The molecule has 0 saturated carbocycles. The molecule has 0 rings (SSSR count). The van der Waals surface area contributed by atoms with Crippen LogP contribution in [0, 0.1) is 0 Å². The molecule has 0 aromatic carbocycles. The second-order valence-corrected chi connectivity index (χ2v) is 21.2. The third kappa shape index (κ3) is 67.2. The number of unbranched alkanes of at least 4 members (excludes halogenated alkanes) is 17. The van der Waals surface area contributed by atoms with E-state index in [-0.39, 0.29) is 44.0 Å². The first kappa shape index (κ1) is 77.5. The first-order valence-electron chi connectivity index (χ1n) is 33.3. The van der Waals surface area contributed by atoms with Crippen molar-refractivity contribution in [3.63, 3.8) is 0 Å². The van der Waals surface area contributed by atoms with Gasteiger partial charge in [0.1, 0.15) is 13.2 Å². The zero-order valence-corrected chi connectivity index (χ0v) is 53.1. The van der Waals surface area contributed by atoms with E-state index in [2.05, 4.69) is 203 Å². The van der Waals surface area contributed by atoms with E-state index in [1.807, 2.05) is 0 Å². The molecule has 0 aromatic heterocycles. The van der Waals surface area contributed by atoms with Gasteiger partial charge in [-0.1, -0.05) is 280 Å². The third-order valence-corrected chi connectivity index (χ3v) is 13.4. The van der Waals surface area contributed by atoms with E-state index in [4.69, 9.17) is 14.2 Å². The third-order valence-electron chi connectivity index (χ3n) is 13.4. The molecule has 0 N–H and O–H groups in total. The molecule has 0 aliphatic carbocycles. The smallest absolute Gasteiger partial charge is 0.306 e. The molecular weight excluding hydrogens is 1020 g/mol. The summed E-state index contributed by atoms with van der Waals surface area (Å²) in [6.07, 6.45) is 103. The Kier molecular flexibility index (Phi) is 64.4. The molecule has 0 saturated heterocycles. The lowest BCUT2D eigenvalue weighted by atomic mass is 10.0. The van der Waals surface area contributed by atoms with E-state index in [1.165, 1.54) is 77.0 Å².